The van der Waals surface area contributed by atoms with Crippen molar-refractivity contribution in [2.45, 2.75) is 45.1 Å². The first-order valence-corrected chi connectivity index (χ1v) is 4.89. The highest BCUT2D eigenvalue weighted by atomic mass is 15.0. The summed E-state index contributed by atoms with van der Waals surface area (Å²) in [5.41, 5.74) is -0.185. The Kier molecular flexibility index (Phi) is 3.11. The van der Waals surface area contributed by atoms with Crippen LogP contribution in [0.2, 0.25) is 0 Å². The molecule has 0 bridgehead atoms. The van der Waals surface area contributed by atoms with E-state index in [1.807, 2.05) is 0 Å². The van der Waals surface area contributed by atoms with E-state index in [9.17, 15) is 0 Å². The maximum atomic E-state index is 9.05. The molecule has 0 aromatic rings. The van der Waals surface area contributed by atoms with Crippen molar-refractivity contribution in [1.82, 2.24) is 5.32 Å². The van der Waals surface area contributed by atoms with Crippen molar-refractivity contribution in [3.63, 3.8) is 0 Å². The van der Waals surface area contributed by atoms with E-state index in [0.29, 0.717) is 5.92 Å². The Morgan fingerprint density at radius 1 is 1.67 bits per heavy atom. The van der Waals surface area contributed by atoms with Gasteiger partial charge in [0.2, 0.25) is 0 Å². The van der Waals surface area contributed by atoms with Gasteiger partial charge < -0.3 is 0 Å². The van der Waals surface area contributed by atoms with Crippen LogP contribution in [0.4, 0.5) is 0 Å². The maximum absolute atomic E-state index is 9.05. The number of hydrogen-bond acceptors (Lipinski definition) is 2. The number of rotatable bonds is 3. The second-order valence-electron chi connectivity index (χ2n) is 3.97. The average Bonchev–Trinajstić information content (AvgIpc) is 2.45. The number of nitriles is 1. The van der Waals surface area contributed by atoms with Crippen LogP contribution in [-0.2, 0) is 0 Å². The zero-order chi connectivity index (χ0) is 9.03. The van der Waals surface area contributed by atoms with E-state index in [1.165, 1.54) is 6.42 Å². The molecule has 1 rings (SSSR count). The van der Waals surface area contributed by atoms with Gasteiger partial charge in [0.25, 0.3) is 0 Å². The fourth-order valence-electron chi connectivity index (χ4n) is 1.96. The molecule has 1 aliphatic rings. The Hall–Kier alpha value is -0.550. The number of nitrogens with one attached hydrogen (secondary N) is 1. The lowest BCUT2D eigenvalue weighted by Crippen LogP contribution is -2.41. The molecular weight excluding hydrogens is 148 g/mol. The number of hydrogen-bond donors (Lipinski definition) is 1. The predicted molar refractivity (Wildman–Crippen MR) is 49.7 cm³/mol. The molecular formula is C10H18N2. The van der Waals surface area contributed by atoms with Gasteiger partial charge in [-0.1, -0.05) is 13.8 Å². The van der Waals surface area contributed by atoms with E-state index in [-0.39, 0.29) is 5.54 Å². The largest absolute Gasteiger partial charge is 0.299 e. The Bertz CT molecular complexity index is 183. The van der Waals surface area contributed by atoms with Crippen LogP contribution in [0.1, 0.15) is 39.5 Å². The minimum Gasteiger partial charge on any atom is -0.299 e. The van der Waals surface area contributed by atoms with Crippen molar-refractivity contribution >= 4 is 0 Å². The fraction of sp³-hybridized carbons (Fsp3) is 0.900. The first-order valence-electron chi connectivity index (χ1n) is 4.89. The third-order valence-electron chi connectivity index (χ3n) is 2.69. The van der Waals surface area contributed by atoms with Gasteiger partial charge in [0.1, 0.15) is 5.54 Å². The van der Waals surface area contributed by atoms with Crippen molar-refractivity contribution in [1.29, 1.82) is 5.26 Å². The Morgan fingerprint density at radius 3 is 2.83 bits per heavy atom. The lowest BCUT2D eigenvalue weighted by atomic mass is 9.98. The van der Waals surface area contributed by atoms with Crippen molar-refractivity contribution in [2.75, 3.05) is 6.54 Å². The smallest absolute Gasteiger partial charge is 0.107 e. The maximum Gasteiger partial charge on any atom is 0.107 e. The summed E-state index contributed by atoms with van der Waals surface area (Å²) in [6.07, 6.45) is 4.37. The van der Waals surface area contributed by atoms with Crippen molar-refractivity contribution < 1.29 is 0 Å². The second kappa shape index (κ2) is 3.91. The molecule has 1 aliphatic carbocycles. The topological polar surface area (TPSA) is 35.8 Å². The lowest BCUT2D eigenvalue weighted by Gasteiger charge is -2.21. The highest BCUT2D eigenvalue weighted by Crippen LogP contribution is 2.33. The summed E-state index contributed by atoms with van der Waals surface area (Å²) in [6, 6.07) is 2.43. The molecule has 0 aliphatic heterocycles. The van der Waals surface area contributed by atoms with Gasteiger partial charge >= 0.3 is 0 Å². The summed E-state index contributed by atoms with van der Waals surface area (Å²) in [5, 5.41) is 12.4. The summed E-state index contributed by atoms with van der Waals surface area (Å²) < 4.78 is 0. The van der Waals surface area contributed by atoms with Gasteiger partial charge in [0.15, 0.2) is 0 Å². The van der Waals surface area contributed by atoms with Crippen LogP contribution in [-0.4, -0.2) is 12.1 Å². The molecule has 0 radical (unpaired) electrons. The van der Waals surface area contributed by atoms with Crippen LogP contribution in [0.25, 0.3) is 0 Å². The third kappa shape index (κ3) is 1.98. The van der Waals surface area contributed by atoms with E-state index in [4.69, 9.17) is 5.26 Å². The van der Waals surface area contributed by atoms with Gasteiger partial charge in [-0.25, -0.2) is 0 Å². The molecule has 0 aromatic heterocycles. The van der Waals surface area contributed by atoms with Crippen molar-refractivity contribution in [3.05, 3.63) is 0 Å². The minimum absolute atomic E-state index is 0.185. The van der Waals surface area contributed by atoms with Crippen LogP contribution >= 0.6 is 0 Å². The zero-order valence-electron chi connectivity index (χ0n) is 8.06. The molecule has 0 saturated heterocycles. The SMILES string of the molecule is CCCNC1(C#N)CCC(C)C1. The molecule has 2 nitrogen and oxygen atoms in total. The molecule has 2 atom stereocenters. The van der Waals surface area contributed by atoms with E-state index in [2.05, 4.69) is 25.2 Å². The van der Waals surface area contributed by atoms with Gasteiger partial charge in [-0.3, -0.25) is 5.32 Å². The van der Waals surface area contributed by atoms with Crippen molar-refractivity contribution in [3.8, 4) is 6.07 Å². The summed E-state index contributed by atoms with van der Waals surface area (Å²) in [5.74, 6) is 0.717. The minimum atomic E-state index is -0.185. The average molecular weight is 166 g/mol. The Balaban J connectivity index is 2.48. The van der Waals surface area contributed by atoms with Gasteiger partial charge in [-0.2, -0.15) is 5.26 Å². The quantitative estimate of drug-likeness (QED) is 0.696. The summed E-state index contributed by atoms with van der Waals surface area (Å²) in [6.45, 7) is 5.34. The van der Waals surface area contributed by atoms with Gasteiger partial charge in [0, 0.05) is 0 Å². The standard InChI is InChI=1S/C10H18N2/c1-3-6-12-10(8-11)5-4-9(2)7-10/h9,12H,3-7H2,1-2H3. The summed E-state index contributed by atoms with van der Waals surface area (Å²) in [4.78, 5) is 0. The molecule has 2 unspecified atom stereocenters. The second-order valence-corrected chi connectivity index (χ2v) is 3.97. The Morgan fingerprint density at radius 2 is 2.42 bits per heavy atom. The van der Waals surface area contributed by atoms with Crippen LogP contribution in [0.15, 0.2) is 0 Å². The molecule has 12 heavy (non-hydrogen) atoms. The van der Waals surface area contributed by atoms with Crippen LogP contribution in [0.3, 0.4) is 0 Å². The van der Waals surface area contributed by atoms with Crippen LogP contribution in [0.5, 0.6) is 0 Å². The van der Waals surface area contributed by atoms with E-state index in [1.54, 1.807) is 0 Å². The molecule has 0 amide bonds. The van der Waals surface area contributed by atoms with Gasteiger partial charge in [-0.15, -0.1) is 0 Å². The van der Waals surface area contributed by atoms with E-state index in [0.717, 1.165) is 25.8 Å². The molecule has 1 saturated carbocycles. The first kappa shape index (κ1) is 9.54. The Labute approximate surface area is 75.0 Å². The highest BCUT2D eigenvalue weighted by Gasteiger charge is 2.36. The zero-order valence-corrected chi connectivity index (χ0v) is 8.06. The summed E-state index contributed by atoms with van der Waals surface area (Å²) >= 11 is 0. The molecule has 68 valence electrons. The molecule has 1 fully saturated rings. The summed E-state index contributed by atoms with van der Waals surface area (Å²) in [7, 11) is 0. The highest BCUT2D eigenvalue weighted by molar-refractivity contribution is 5.10. The van der Waals surface area contributed by atoms with E-state index >= 15 is 0 Å². The monoisotopic (exact) mass is 166 g/mol. The molecule has 1 N–H and O–H groups in total. The first-order chi connectivity index (χ1) is 5.72. The fourth-order valence-corrected chi connectivity index (χ4v) is 1.96. The normalized spacial score (nSPS) is 34.9. The van der Waals surface area contributed by atoms with Crippen LogP contribution in [0, 0.1) is 17.2 Å². The molecule has 0 heterocycles. The van der Waals surface area contributed by atoms with Gasteiger partial charge in [0.05, 0.1) is 6.07 Å². The molecule has 0 spiro atoms. The van der Waals surface area contributed by atoms with Crippen LogP contribution < -0.4 is 5.32 Å². The van der Waals surface area contributed by atoms with Gasteiger partial charge in [-0.05, 0) is 38.1 Å². The predicted octanol–water partition coefficient (Wildman–Crippen LogP) is 2.07. The third-order valence-corrected chi connectivity index (χ3v) is 2.69. The van der Waals surface area contributed by atoms with E-state index < -0.39 is 0 Å². The molecule has 2 heteroatoms. The van der Waals surface area contributed by atoms with Crippen molar-refractivity contribution in [2.24, 2.45) is 5.92 Å². The lowest BCUT2D eigenvalue weighted by molar-refractivity contribution is 0.410. The number of nitrogens with zero attached hydrogens (tertiary/aromatic N) is 1. The molecule has 0 aromatic carbocycles.